The summed E-state index contributed by atoms with van der Waals surface area (Å²) in [5, 5.41) is 8.70. The summed E-state index contributed by atoms with van der Waals surface area (Å²) in [7, 11) is 0. The van der Waals surface area contributed by atoms with E-state index in [1.807, 2.05) is 36.0 Å². The third kappa shape index (κ3) is 4.72. The van der Waals surface area contributed by atoms with Crippen molar-refractivity contribution in [2.24, 2.45) is 5.73 Å². The minimum atomic E-state index is -0.812. The van der Waals surface area contributed by atoms with Crippen molar-refractivity contribution in [3.8, 4) is 5.75 Å². The molecule has 3 N–H and O–H groups in total. The van der Waals surface area contributed by atoms with Gasteiger partial charge in [0.05, 0.1) is 0 Å². The summed E-state index contributed by atoms with van der Waals surface area (Å²) < 4.78 is 5.99. The molecule has 0 bridgehead atoms. The van der Waals surface area contributed by atoms with Crippen LogP contribution in [0.15, 0.2) is 24.3 Å². The van der Waals surface area contributed by atoms with Crippen LogP contribution in [0.3, 0.4) is 0 Å². The van der Waals surface area contributed by atoms with Crippen molar-refractivity contribution in [3.05, 3.63) is 29.8 Å². The Kier molecular flexibility index (Phi) is 5.73. The normalized spacial score (nSPS) is 17.6. The highest BCUT2D eigenvalue weighted by Crippen LogP contribution is 2.25. The Morgan fingerprint density at radius 3 is 2.90 bits per heavy atom. The predicted molar refractivity (Wildman–Crippen MR) is 81.2 cm³/mol. The van der Waals surface area contributed by atoms with Crippen molar-refractivity contribution in [2.45, 2.75) is 37.8 Å². The number of hydrogen-bond donors (Lipinski definition) is 2. The Labute approximate surface area is 123 Å². The first-order valence-electron chi connectivity index (χ1n) is 6.97. The van der Waals surface area contributed by atoms with Crippen LogP contribution in [0.5, 0.6) is 5.75 Å². The van der Waals surface area contributed by atoms with Crippen LogP contribution >= 0.6 is 11.8 Å². The highest BCUT2D eigenvalue weighted by atomic mass is 32.2. The molecule has 0 radical (unpaired) electrons. The van der Waals surface area contributed by atoms with Crippen molar-refractivity contribution in [1.82, 2.24) is 0 Å². The Morgan fingerprint density at radius 1 is 1.45 bits per heavy atom. The first-order chi connectivity index (χ1) is 9.65. The molecule has 1 unspecified atom stereocenters. The van der Waals surface area contributed by atoms with Crippen LogP contribution in [-0.4, -0.2) is 28.7 Å². The lowest BCUT2D eigenvalue weighted by molar-refractivity contribution is -0.137. The molecule has 0 amide bonds. The van der Waals surface area contributed by atoms with Gasteiger partial charge in [-0.2, -0.15) is 11.8 Å². The Bertz CT molecular complexity index is 446. The number of thioether (sulfide) groups is 1. The van der Waals surface area contributed by atoms with Gasteiger partial charge in [-0.15, -0.1) is 0 Å². The number of aliphatic carboxylic acids is 1. The fraction of sp³-hybridized carbons (Fsp3) is 0.533. The summed E-state index contributed by atoms with van der Waals surface area (Å²) in [6.45, 7) is 0. The number of nitrogens with two attached hydrogens (primary N) is 1. The molecule has 0 aliphatic carbocycles. The van der Waals surface area contributed by atoms with Crippen LogP contribution in [0, 0.1) is 0 Å². The monoisotopic (exact) mass is 295 g/mol. The summed E-state index contributed by atoms with van der Waals surface area (Å²) in [5.41, 5.74) is 6.96. The molecule has 1 saturated heterocycles. The van der Waals surface area contributed by atoms with Gasteiger partial charge in [0.2, 0.25) is 0 Å². The summed E-state index contributed by atoms with van der Waals surface area (Å²) in [6.07, 6.45) is 2.99. The third-order valence-electron chi connectivity index (χ3n) is 3.43. The van der Waals surface area contributed by atoms with E-state index in [-0.39, 0.29) is 12.5 Å². The SMILES string of the molecule is NC(CCC(=O)O)c1cccc(OC2CCSCC2)c1. The summed E-state index contributed by atoms with van der Waals surface area (Å²) in [4.78, 5) is 10.6. The van der Waals surface area contributed by atoms with Crippen LogP contribution in [0.4, 0.5) is 0 Å². The number of ether oxygens (including phenoxy) is 1. The molecular weight excluding hydrogens is 274 g/mol. The van der Waals surface area contributed by atoms with Crippen LogP contribution in [-0.2, 0) is 4.79 Å². The maximum Gasteiger partial charge on any atom is 0.303 e. The Morgan fingerprint density at radius 2 is 2.20 bits per heavy atom. The van der Waals surface area contributed by atoms with E-state index in [9.17, 15) is 4.79 Å². The lowest BCUT2D eigenvalue weighted by Crippen LogP contribution is -2.22. The molecule has 0 spiro atoms. The van der Waals surface area contributed by atoms with Gasteiger partial charge < -0.3 is 15.6 Å². The zero-order chi connectivity index (χ0) is 14.4. The molecular formula is C15H21NO3S. The molecule has 1 aliphatic heterocycles. The standard InChI is InChI=1S/C15H21NO3S/c16-14(4-5-15(17)18)11-2-1-3-13(10-11)19-12-6-8-20-9-7-12/h1-3,10,12,14H,4-9,16H2,(H,17,18). The van der Waals surface area contributed by atoms with E-state index in [1.54, 1.807) is 0 Å². The first kappa shape index (κ1) is 15.2. The van der Waals surface area contributed by atoms with Gasteiger partial charge in [0.15, 0.2) is 0 Å². The highest BCUT2D eigenvalue weighted by Gasteiger charge is 2.16. The molecule has 1 fully saturated rings. The van der Waals surface area contributed by atoms with E-state index in [0.29, 0.717) is 12.5 Å². The zero-order valence-electron chi connectivity index (χ0n) is 11.5. The van der Waals surface area contributed by atoms with E-state index in [0.717, 1.165) is 35.7 Å². The molecule has 4 nitrogen and oxygen atoms in total. The third-order valence-corrected chi connectivity index (χ3v) is 4.48. The number of carboxylic acids is 1. The van der Waals surface area contributed by atoms with Crippen LogP contribution in [0.2, 0.25) is 0 Å². The van der Waals surface area contributed by atoms with Gasteiger partial charge in [-0.3, -0.25) is 4.79 Å². The second-order valence-corrected chi connectivity index (χ2v) is 6.27. The number of carboxylic acid groups (broad SMARTS) is 1. The van der Waals surface area contributed by atoms with E-state index in [1.165, 1.54) is 0 Å². The zero-order valence-corrected chi connectivity index (χ0v) is 12.3. The average Bonchev–Trinajstić information content (AvgIpc) is 2.46. The van der Waals surface area contributed by atoms with Crippen molar-refractivity contribution >= 4 is 17.7 Å². The maximum atomic E-state index is 10.6. The predicted octanol–water partition coefficient (Wildman–Crippen LogP) is 2.83. The topological polar surface area (TPSA) is 72.6 Å². The molecule has 5 heteroatoms. The summed E-state index contributed by atoms with van der Waals surface area (Å²) in [5.74, 6) is 2.34. The maximum absolute atomic E-state index is 10.6. The molecule has 0 saturated carbocycles. The van der Waals surface area contributed by atoms with Gasteiger partial charge in [-0.05, 0) is 48.5 Å². The van der Waals surface area contributed by atoms with Crippen molar-refractivity contribution < 1.29 is 14.6 Å². The van der Waals surface area contributed by atoms with Gasteiger partial charge >= 0.3 is 5.97 Å². The second kappa shape index (κ2) is 7.55. The Balaban J connectivity index is 1.94. The molecule has 1 atom stereocenters. The van der Waals surface area contributed by atoms with E-state index in [2.05, 4.69) is 0 Å². The lowest BCUT2D eigenvalue weighted by Gasteiger charge is -2.23. The molecule has 1 heterocycles. The molecule has 20 heavy (non-hydrogen) atoms. The van der Waals surface area contributed by atoms with Gasteiger partial charge in [-0.1, -0.05) is 12.1 Å². The van der Waals surface area contributed by atoms with E-state index >= 15 is 0 Å². The average molecular weight is 295 g/mol. The molecule has 110 valence electrons. The van der Waals surface area contributed by atoms with Crippen molar-refractivity contribution in [3.63, 3.8) is 0 Å². The fourth-order valence-electron chi connectivity index (χ4n) is 2.25. The Hall–Kier alpha value is -1.20. The molecule has 1 aliphatic rings. The number of benzene rings is 1. The minimum absolute atomic E-state index is 0.0894. The molecule has 2 rings (SSSR count). The molecule has 1 aromatic rings. The van der Waals surface area contributed by atoms with Gasteiger partial charge in [0.25, 0.3) is 0 Å². The highest BCUT2D eigenvalue weighted by molar-refractivity contribution is 7.99. The van der Waals surface area contributed by atoms with Gasteiger partial charge in [0, 0.05) is 12.5 Å². The fourth-order valence-corrected chi connectivity index (χ4v) is 3.31. The molecule has 0 aromatic heterocycles. The summed E-state index contributed by atoms with van der Waals surface area (Å²) >= 11 is 1.97. The van der Waals surface area contributed by atoms with E-state index < -0.39 is 5.97 Å². The smallest absolute Gasteiger partial charge is 0.303 e. The lowest BCUT2D eigenvalue weighted by atomic mass is 10.0. The van der Waals surface area contributed by atoms with Gasteiger partial charge in [-0.25, -0.2) is 0 Å². The number of carbonyl (C=O) groups is 1. The molecule has 1 aromatic carbocycles. The minimum Gasteiger partial charge on any atom is -0.490 e. The van der Waals surface area contributed by atoms with Crippen LogP contribution in [0.1, 0.15) is 37.3 Å². The second-order valence-electron chi connectivity index (χ2n) is 5.04. The first-order valence-corrected chi connectivity index (χ1v) is 8.12. The van der Waals surface area contributed by atoms with Gasteiger partial charge in [0.1, 0.15) is 11.9 Å². The quantitative estimate of drug-likeness (QED) is 0.844. The van der Waals surface area contributed by atoms with Crippen molar-refractivity contribution in [1.29, 1.82) is 0 Å². The van der Waals surface area contributed by atoms with Crippen LogP contribution in [0.25, 0.3) is 0 Å². The van der Waals surface area contributed by atoms with Crippen LogP contribution < -0.4 is 10.5 Å². The van der Waals surface area contributed by atoms with Crippen molar-refractivity contribution in [2.75, 3.05) is 11.5 Å². The largest absolute Gasteiger partial charge is 0.490 e. The number of hydrogen-bond acceptors (Lipinski definition) is 4. The summed E-state index contributed by atoms with van der Waals surface area (Å²) in [6, 6.07) is 7.47. The van der Waals surface area contributed by atoms with E-state index in [4.69, 9.17) is 15.6 Å². The number of rotatable bonds is 6.